The van der Waals surface area contributed by atoms with E-state index in [2.05, 4.69) is 20.6 Å². The highest BCUT2D eigenvalue weighted by Crippen LogP contribution is 2.37. The van der Waals surface area contributed by atoms with E-state index in [1.165, 1.54) is 6.07 Å². The van der Waals surface area contributed by atoms with E-state index >= 15 is 0 Å². The van der Waals surface area contributed by atoms with E-state index in [-0.39, 0.29) is 36.0 Å². The van der Waals surface area contributed by atoms with Gasteiger partial charge in [0.25, 0.3) is 5.56 Å². The molecule has 8 heteroatoms. The quantitative estimate of drug-likeness (QED) is 0.693. The van der Waals surface area contributed by atoms with Crippen molar-refractivity contribution in [2.24, 2.45) is 13.0 Å². The minimum atomic E-state index is -0.281. The van der Waals surface area contributed by atoms with Crippen LogP contribution in [0.25, 0.3) is 0 Å². The normalized spacial score (nSPS) is 21.1. The predicted octanol–water partition coefficient (Wildman–Crippen LogP) is 0.0644. The molecule has 0 aromatic carbocycles. The summed E-state index contributed by atoms with van der Waals surface area (Å²) in [5.74, 6) is 0.137. The van der Waals surface area contributed by atoms with Crippen molar-refractivity contribution in [1.29, 1.82) is 0 Å². The zero-order valence-electron chi connectivity index (χ0n) is 13.5. The molecule has 24 heavy (non-hydrogen) atoms. The van der Waals surface area contributed by atoms with Crippen molar-refractivity contribution in [2.75, 3.05) is 0 Å². The highest BCUT2D eigenvalue weighted by molar-refractivity contribution is 5.76. The lowest BCUT2D eigenvalue weighted by molar-refractivity contribution is -0.123. The van der Waals surface area contributed by atoms with Crippen molar-refractivity contribution in [2.45, 2.75) is 37.8 Å². The molecular weight excluding hydrogens is 310 g/mol. The highest BCUT2D eigenvalue weighted by Gasteiger charge is 2.36. The van der Waals surface area contributed by atoms with Gasteiger partial charge in [-0.3, -0.25) is 14.3 Å². The summed E-state index contributed by atoms with van der Waals surface area (Å²) in [4.78, 5) is 23.3. The van der Waals surface area contributed by atoms with Gasteiger partial charge < -0.3 is 10.4 Å². The Balaban J connectivity index is 1.60. The van der Waals surface area contributed by atoms with Crippen molar-refractivity contribution in [3.05, 3.63) is 46.1 Å². The smallest absolute Gasteiger partial charge is 0.264 e. The van der Waals surface area contributed by atoms with E-state index in [4.69, 9.17) is 0 Å². The second kappa shape index (κ2) is 6.96. The number of hydrogen-bond acceptors (Lipinski definition) is 5. The maximum atomic E-state index is 12.3. The molecule has 2 heterocycles. The van der Waals surface area contributed by atoms with Crippen LogP contribution in [0.5, 0.6) is 0 Å². The molecule has 0 unspecified atom stereocenters. The molecule has 0 aliphatic heterocycles. The summed E-state index contributed by atoms with van der Waals surface area (Å²) in [5, 5.41) is 23.0. The largest absolute Gasteiger partial charge is 0.393 e. The van der Waals surface area contributed by atoms with Crippen LogP contribution in [-0.4, -0.2) is 37.1 Å². The fourth-order valence-electron chi connectivity index (χ4n) is 2.98. The van der Waals surface area contributed by atoms with E-state index in [1.54, 1.807) is 16.9 Å². The van der Waals surface area contributed by atoms with Gasteiger partial charge in [-0.25, -0.2) is 5.10 Å². The Kier molecular flexibility index (Phi) is 4.75. The second-order valence-corrected chi connectivity index (χ2v) is 6.29. The topological polar surface area (TPSA) is 113 Å². The summed E-state index contributed by atoms with van der Waals surface area (Å²) in [5.41, 5.74) is 1.36. The molecule has 1 aliphatic carbocycles. The van der Waals surface area contributed by atoms with Crippen molar-refractivity contribution in [3.63, 3.8) is 0 Å². The van der Waals surface area contributed by atoms with Gasteiger partial charge in [0.05, 0.1) is 24.0 Å². The minimum Gasteiger partial charge on any atom is -0.393 e. The van der Waals surface area contributed by atoms with Gasteiger partial charge in [0.1, 0.15) is 0 Å². The van der Waals surface area contributed by atoms with Crippen LogP contribution in [0, 0.1) is 5.92 Å². The van der Waals surface area contributed by atoms with Crippen LogP contribution in [0.4, 0.5) is 0 Å². The van der Waals surface area contributed by atoms with E-state index in [0.717, 1.165) is 5.56 Å². The van der Waals surface area contributed by atoms with E-state index in [0.29, 0.717) is 25.0 Å². The Labute approximate surface area is 138 Å². The number of rotatable bonds is 6. The van der Waals surface area contributed by atoms with Crippen LogP contribution in [0.1, 0.15) is 36.6 Å². The van der Waals surface area contributed by atoms with Crippen LogP contribution < -0.4 is 10.9 Å². The number of nitrogens with one attached hydrogen (secondary N) is 2. The Morgan fingerprint density at radius 1 is 1.50 bits per heavy atom. The van der Waals surface area contributed by atoms with Crippen LogP contribution in [-0.2, 0) is 18.3 Å². The van der Waals surface area contributed by atoms with Crippen molar-refractivity contribution >= 4 is 5.91 Å². The van der Waals surface area contributed by atoms with Gasteiger partial charge in [-0.05, 0) is 24.8 Å². The van der Waals surface area contributed by atoms with Crippen LogP contribution in [0.2, 0.25) is 0 Å². The van der Waals surface area contributed by atoms with Gasteiger partial charge in [0.2, 0.25) is 5.91 Å². The number of H-pyrrole nitrogens is 1. The molecule has 1 fully saturated rings. The van der Waals surface area contributed by atoms with Gasteiger partial charge in [-0.2, -0.15) is 10.2 Å². The molecular formula is C16H21N5O3. The molecule has 0 saturated heterocycles. The number of aromatic amines is 1. The molecule has 0 radical (unpaired) electrons. The third-order valence-corrected chi connectivity index (χ3v) is 4.37. The van der Waals surface area contributed by atoms with E-state index in [9.17, 15) is 14.7 Å². The SMILES string of the molecule is Cn1cc([C@@H](NC(=O)CCc2ccc(=O)[nH]n2)C2CC(O)C2)cn1. The maximum Gasteiger partial charge on any atom is 0.264 e. The number of carbonyl (C=O) groups is 1. The summed E-state index contributed by atoms with van der Waals surface area (Å²) in [7, 11) is 1.83. The fraction of sp³-hybridized carbons (Fsp3) is 0.500. The zero-order valence-corrected chi connectivity index (χ0v) is 13.5. The Bertz CT molecular complexity index is 743. The lowest BCUT2D eigenvalue weighted by Gasteiger charge is -2.37. The summed E-state index contributed by atoms with van der Waals surface area (Å²) < 4.78 is 1.70. The second-order valence-electron chi connectivity index (χ2n) is 6.29. The first-order chi connectivity index (χ1) is 11.5. The first kappa shape index (κ1) is 16.4. The standard InChI is InChI=1S/C16H21N5O3/c1-21-9-11(8-17-21)16(10-6-13(22)7-10)18-14(23)4-2-12-3-5-15(24)20-19-12/h3,5,8-10,13,16,22H,2,4,6-7H2,1H3,(H,18,23)(H,20,24)/t10?,13?,16-/m0/s1. The number of amides is 1. The average Bonchev–Trinajstić information content (AvgIpc) is 2.96. The lowest BCUT2D eigenvalue weighted by atomic mass is 9.75. The molecule has 1 atom stereocenters. The van der Waals surface area contributed by atoms with Crippen LogP contribution >= 0.6 is 0 Å². The van der Waals surface area contributed by atoms with Gasteiger partial charge >= 0.3 is 0 Å². The van der Waals surface area contributed by atoms with Crippen LogP contribution in [0.15, 0.2) is 29.3 Å². The number of hydrogen-bond donors (Lipinski definition) is 3. The summed E-state index contributed by atoms with van der Waals surface area (Å²) in [6.07, 6.45) is 5.46. The summed E-state index contributed by atoms with van der Waals surface area (Å²) in [6, 6.07) is 2.87. The number of nitrogens with zero attached hydrogens (tertiary/aromatic N) is 3. The Hall–Kier alpha value is -2.48. The minimum absolute atomic E-state index is 0.0850. The molecule has 3 N–H and O–H groups in total. The van der Waals surface area contributed by atoms with Crippen LogP contribution in [0.3, 0.4) is 0 Å². The van der Waals surface area contributed by atoms with E-state index < -0.39 is 0 Å². The molecule has 0 spiro atoms. The zero-order chi connectivity index (χ0) is 17.1. The first-order valence-corrected chi connectivity index (χ1v) is 8.02. The van der Waals surface area contributed by atoms with Crippen molar-refractivity contribution in [1.82, 2.24) is 25.3 Å². The van der Waals surface area contributed by atoms with Crippen molar-refractivity contribution < 1.29 is 9.90 Å². The maximum absolute atomic E-state index is 12.3. The average molecular weight is 331 g/mol. The van der Waals surface area contributed by atoms with E-state index in [1.807, 2.05) is 13.2 Å². The first-order valence-electron chi connectivity index (χ1n) is 8.02. The lowest BCUT2D eigenvalue weighted by Crippen LogP contribution is -2.41. The van der Waals surface area contributed by atoms with Gasteiger partial charge in [0.15, 0.2) is 0 Å². The van der Waals surface area contributed by atoms with Gasteiger partial charge in [-0.15, -0.1) is 0 Å². The monoisotopic (exact) mass is 331 g/mol. The predicted molar refractivity (Wildman–Crippen MR) is 86.0 cm³/mol. The molecule has 128 valence electrons. The Morgan fingerprint density at radius 2 is 2.29 bits per heavy atom. The summed E-state index contributed by atoms with van der Waals surface area (Å²) in [6.45, 7) is 0. The van der Waals surface area contributed by atoms with Crippen molar-refractivity contribution in [3.8, 4) is 0 Å². The highest BCUT2D eigenvalue weighted by atomic mass is 16.3. The molecule has 8 nitrogen and oxygen atoms in total. The molecule has 3 rings (SSSR count). The van der Waals surface area contributed by atoms with Gasteiger partial charge in [0, 0.05) is 37.7 Å². The fourth-order valence-corrected chi connectivity index (χ4v) is 2.98. The molecule has 0 bridgehead atoms. The molecule has 1 aliphatic rings. The van der Waals surface area contributed by atoms with Gasteiger partial charge in [-0.1, -0.05) is 0 Å². The third kappa shape index (κ3) is 3.88. The number of carbonyl (C=O) groups excluding carboxylic acids is 1. The Morgan fingerprint density at radius 3 is 2.88 bits per heavy atom. The summed E-state index contributed by atoms with van der Waals surface area (Å²) >= 11 is 0. The molecule has 1 amide bonds. The number of aryl methyl sites for hydroxylation is 2. The number of aromatic nitrogens is 4. The third-order valence-electron chi connectivity index (χ3n) is 4.37. The molecule has 2 aromatic heterocycles. The molecule has 1 saturated carbocycles. The number of aliphatic hydroxyl groups is 1. The number of aliphatic hydroxyl groups excluding tert-OH is 1. The molecule has 2 aromatic rings.